The van der Waals surface area contributed by atoms with Gasteiger partial charge in [0.05, 0.1) is 4.83 Å². The van der Waals surface area contributed by atoms with Gasteiger partial charge in [0, 0.05) is 5.56 Å². The third-order valence-electron chi connectivity index (χ3n) is 1.73. The summed E-state index contributed by atoms with van der Waals surface area (Å²) in [6, 6.07) is 4.80. The van der Waals surface area contributed by atoms with Crippen molar-refractivity contribution >= 4 is 21.7 Å². The predicted molar refractivity (Wildman–Crippen MR) is 55.8 cm³/mol. The van der Waals surface area contributed by atoms with Crippen LogP contribution in [0.2, 0.25) is 0 Å². The average Bonchev–Trinajstić information content (AvgIpc) is 2.15. The Labute approximate surface area is 98.5 Å². The van der Waals surface area contributed by atoms with Gasteiger partial charge in [-0.05, 0) is 31.2 Å². The zero-order chi connectivity index (χ0) is 12.3. The molecular weight excluding hydrogens is 289 g/mol. The molecule has 0 aliphatic carbocycles. The van der Waals surface area contributed by atoms with Crippen molar-refractivity contribution in [3.8, 4) is 5.75 Å². The zero-order valence-corrected chi connectivity index (χ0v) is 9.80. The highest BCUT2D eigenvalue weighted by molar-refractivity contribution is 9.10. The number of hydrogen-bond acceptors (Lipinski definition) is 2. The van der Waals surface area contributed by atoms with Gasteiger partial charge >= 0.3 is 6.36 Å². The number of ketones is 1. The van der Waals surface area contributed by atoms with Crippen molar-refractivity contribution in [1.29, 1.82) is 0 Å². The second-order valence-corrected chi connectivity index (χ2v) is 4.43. The summed E-state index contributed by atoms with van der Waals surface area (Å²) in [6.45, 7) is 1.64. The Morgan fingerprint density at radius 2 is 1.81 bits per heavy atom. The first kappa shape index (κ1) is 13.0. The second-order valence-electron chi connectivity index (χ2n) is 3.05. The predicted octanol–water partition coefficient (Wildman–Crippen LogP) is 3.55. The monoisotopic (exact) mass is 296 g/mol. The smallest absolute Gasteiger partial charge is 0.406 e. The number of alkyl halides is 4. The lowest BCUT2D eigenvalue weighted by atomic mass is 10.1. The van der Waals surface area contributed by atoms with Crippen LogP contribution in [0.1, 0.15) is 17.3 Å². The van der Waals surface area contributed by atoms with Crippen molar-refractivity contribution in [1.82, 2.24) is 0 Å². The summed E-state index contributed by atoms with van der Waals surface area (Å²) in [7, 11) is 0. The Morgan fingerprint density at radius 3 is 2.19 bits per heavy atom. The van der Waals surface area contributed by atoms with Crippen LogP contribution < -0.4 is 4.74 Å². The lowest BCUT2D eigenvalue weighted by Gasteiger charge is -2.09. The van der Waals surface area contributed by atoms with Crippen molar-refractivity contribution < 1.29 is 22.7 Å². The van der Waals surface area contributed by atoms with E-state index >= 15 is 0 Å². The number of Topliss-reactive ketones (excluding diaryl/α,β-unsaturated/α-hetero) is 1. The Bertz CT molecular complexity index is 371. The molecule has 1 atom stereocenters. The van der Waals surface area contributed by atoms with E-state index in [-0.39, 0.29) is 16.4 Å². The largest absolute Gasteiger partial charge is 0.573 e. The van der Waals surface area contributed by atoms with E-state index < -0.39 is 6.36 Å². The van der Waals surface area contributed by atoms with Gasteiger partial charge in [0.25, 0.3) is 0 Å². The molecule has 0 spiro atoms. The molecule has 0 aliphatic heterocycles. The summed E-state index contributed by atoms with van der Waals surface area (Å²) in [4.78, 5) is 11.1. The van der Waals surface area contributed by atoms with Crippen LogP contribution in [0, 0.1) is 0 Å². The van der Waals surface area contributed by atoms with Crippen LogP contribution in [-0.4, -0.2) is 17.0 Å². The van der Waals surface area contributed by atoms with Crippen LogP contribution in [0.15, 0.2) is 24.3 Å². The zero-order valence-electron chi connectivity index (χ0n) is 8.22. The molecule has 1 rings (SSSR count). The topological polar surface area (TPSA) is 26.3 Å². The Morgan fingerprint density at radius 1 is 1.31 bits per heavy atom. The van der Waals surface area contributed by atoms with E-state index in [1.807, 2.05) is 0 Å². The molecule has 2 nitrogen and oxygen atoms in total. The quantitative estimate of drug-likeness (QED) is 0.630. The molecule has 88 valence electrons. The van der Waals surface area contributed by atoms with Gasteiger partial charge in [-0.3, -0.25) is 4.79 Å². The molecule has 0 heterocycles. The minimum absolute atomic E-state index is 0.196. The van der Waals surface area contributed by atoms with Crippen LogP contribution in [-0.2, 0) is 0 Å². The number of hydrogen-bond donors (Lipinski definition) is 0. The molecule has 6 heteroatoms. The lowest BCUT2D eigenvalue weighted by Crippen LogP contribution is -2.17. The first-order valence-electron chi connectivity index (χ1n) is 4.33. The number of benzene rings is 1. The van der Waals surface area contributed by atoms with Gasteiger partial charge in [0.15, 0.2) is 5.78 Å². The van der Waals surface area contributed by atoms with Gasteiger partial charge in [-0.25, -0.2) is 0 Å². The summed E-state index contributed by atoms with van der Waals surface area (Å²) in [5.74, 6) is -0.537. The molecule has 0 radical (unpaired) electrons. The van der Waals surface area contributed by atoms with Gasteiger partial charge < -0.3 is 4.74 Å². The third kappa shape index (κ3) is 3.84. The maximum absolute atomic E-state index is 11.8. The summed E-state index contributed by atoms with van der Waals surface area (Å²) in [5.41, 5.74) is 0.332. The van der Waals surface area contributed by atoms with Gasteiger partial charge in [0.2, 0.25) is 0 Å². The summed E-state index contributed by atoms with van der Waals surface area (Å²) < 4.78 is 39.2. The Balaban J connectivity index is 2.80. The Kier molecular flexibility index (Phi) is 3.96. The maximum Gasteiger partial charge on any atom is 0.573 e. The molecule has 0 saturated heterocycles. The number of ether oxygens (including phenoxy) is 1. The molecule has 0 N–H and O–H groups in total. The van der Waals surface area contributed by atoms with Crippen LogP contribution in [0.5, 0.6) is 5.75 Å². The third-order valence-corrected chi connectivity index (χ3v) is 2.15. The van der Waals surface area contributed by atoms with Crippen LogP contribution in [0.3, 0.4) is 0 Å². The van der Waals surface area contributed by atoms with Crippen LogP contribution >= 0.6 is 15.9 Å². The fraction of sp³-hybridized carbons (Fsp3) is 0.300. The van der Waals surface area contributed by atoms with Crippen molar-refractivity contribution in [2.45, 2.75) is 18.1 Å². The summed E-state index contributed by atoms with van der Waals surface area (Å²) >= 11 is 3.08. The van der Waals surface area contributed by atoms with Gasteiger partial charge in [-0.15, -0.1) is 13.2 Å². The molecule has 1 aromatic rings. The second kappa shape index (κ2) is 4.86. The molecule has 0 aromatic heterocycles. The maximum atomic E-state index is 11.8. The van der Waals surface area contributed by atoms with Gasteiger partial charge in [-0.1, -0.05) is 15.9 Å². The summed E-state index contributed by atoms with van der Waals surface area (Å²) in [6.07, 6.45) is -4.71. The lowest BCUT2D eigenvalue weighted by molar-refractivity contribution is -0.274. The van der Waals surface area contributed by atoms with Crippen LogP contribution in [0.25, 0.3) is 0 Å². The standard InChI is InChI=1S/C10H8BrF3O2/c1-6(11)9(15)7-2-4-8(5-3-7)16-10(12,13)14/h2-6H,1H3. The summed E-state index contributed by atoms with van der Waals surface area (Å²) in [5, 5.41) is 0. The molecule has 0 fully saturated rings. The first-order chi connectivity index (χ1) is 7.29. The van der Waals surface area contributed by atoms with Crippen LogP contribution in [0.4, 0.5) is 13.2 Å². The molecule has 1 aromatic carbocycles. The molecule has 16 heavy (non-hydrogen) atoms. The van der Waals surface area contributed by atoms with E-state index in [0.717, 1.165) is 12.1 Å². The number of rotatable bonds is 3. The van der Waals surface area contributed by atoms with Crippen molar-refractivity contribution in [2.24, 2.45) is 0 Å². The highest BCUT2D eigenvalue weighted by Gasteiger charge is 2.31. The molecule has 1 unspecified atom stereocenters. The minimum atomic E-state index is -4.71. The Hall–Kier alpha value is -1.04. The molecule has 0 amide bonds. The van der Waals surface area contributed by atoms with Gasteiger partial charge in [-0.2, -0.15) is 0 Å². The van der Waals surface area contributed by atoms with E-state index in [1.165, 1.54) is 12.1 Å². The highest BCUT2D eigenvalue weighted by atomic mass is 79.9. The van der Waals surface area contributed by atoms with E-state index in [2.05, 4.69) is 20.7 Å². The number of carbonyl (C=O) groups is 1. The van der Waals surface area contributed by atoms with Crippen molar-refractivity contribution in [3.63, 3.8) is 0 Å². The van der Waals surface area contributed by atoms with Crippen molar-refractivity contribution in [2.75, 3.05) is 0 Å². The molecular formula is C10H8BrF3O2. The van der Waals surface area contributed by atoms with E-state index in [4.69, 9.17) is 0 Å². The molecule has 0 saturated carbocycles. The number of halogens is 4. The fourth-order valence-corrected chi connectivity index (χ4v) is 1.31. The van der Waals surface area contributed by atoms with Gasteiger partial charge in [0.1, 0.15) is 5.75 Å². The normalized spacial score (nSPS) is 13.3. The minimum Gasteiger partial charge on any atom is -0.406 e. The fourth-order valence-electron chi connectivity index (χ4n) is 1.05. The number of carbonyl (C=O) groups excluding carboxylic acids is 1. The first-order valence-corrected chi connectivity index (χ1v) is 5.25. The van der Waals surface area contributed by atoms with E-state index in [0.29, 0.717) is 5.56 Å². The van der Waals surface area contributed by atoms with E-state index in [9.17, 15) is 18.0 Å². The molecule has 0 aliphatic rings. The average molecular weight is 297 g/mol. The van der Waals surface area contributed by atoms with Crippen molar-refractivity contribution in [3.05, 3.63) is 29.8 Å². The van der Waals surface area contributed by atoms with E-state index in [1.54, 1.807) is 6.92 Å². The highest BCUT2D eigenvalue weighted by Crippen LogP contribution is 2.23. The molecule has 0 bridgehead atoms. The SMILES string of the molecule is CC(Br)C(=O)c1ccc(OC(F)(F)F)cc1.